The van der Waals surface area contributed by atoms with Crippen LogP contribution in [0.25, 0.3) is 0 Å². The first-order valence-corrected chi connectivity index (χ1v) is 11.6. The van der Waals surface area contributed by atoms with Crippen molar-refractivity contribution in [3.63, 3.8) is 0 Å². The Kier molecular flexibility index (Phi) is 9.86. The van der Waals surface area contributed by atoms with Gasteiger partial charge >= 0.3 is 6.03 Å². The highest BCUT2D eigenvalue weighted by molar-refractivity contribution is 5.92. The van der Waals surface area contributed by atoms with Gasteiger partial charge in [0.15, 0.2) is 0 Å². The Bertz CT molecular complexity index is 1090. The predicted octanol–water partition coefficient (Wildman–Crippen LogP) is 4.87. The van der Waals surface area contributed by atoms with Crippen molar-refractivity contribution in [3.05, 3.63) is 89.6 Å². The zero-order valence-corrected chi connectivity index (χ0v) is 20.2. The van der Waals surface area contributed by atoms with Crippen LogP contribution < -0.4 is 5.32 Å². The molecule has 0 aliphatic heterocycles. The van der Waals surface area contributed by atoms with Gasteiger partial charge in [-0.15, -0.1) is 0 Å². The Morgan fingerprint density at radius 1 is 1.00 bits per heavy atom. The normalized spacial score (nSPS) is 10.7. The molecule has 0 fully saturated rings. The van der Waals surface area contributed by atoms with Crippen molar-refractivity contribution in [1.82, 2.24) is 9.80 Å². The number of furan rings is 1. The summed E-state index contributed by atoms with van der Waals surface area (Å²) in [6, 6.07) is 18.8. The lowest BCUT2D eigenvalue weighted by Crippen LogP contribution is -2.45. The van der Waals surface area contributed by atoms with Crippen LogP contribution in [0.15, 0.2) is 71.1 Å². The molecule has 1 N–H and O–H groups in total. The number of nitrogens with one attached hydrogen (secondary N) is 1. The van der Waals surface area contributed by atoms with Crippen molar-refractivity contribution in [2.24, 2.45) is 0 Å². The van der Waals surface area contributed by atoms with Crippen LogP contribution in [0.4, 0.5) is 14.9 Å². The van der Waals surface area contributed by atoms with Crippen molar-refractivity contribution in [2.75, 3.05) is 38.7 Å². The van der Waals surface area contributed by atoms with E-state index in [1.165, 1.54) is 23.1 Å². The summed E-state index contributed by atoms with van der Waals surface area (Å²) in [5, 5.41) is 2.68. The zero-order valence-electron chi connectivity index (χ0n) is 20.2. The van der Waals surface area contributed by atoms with Crippen LogP contribution in [0, 0.1) is 12.7 Å². The van der Waals surface area contributed by atoms with Gasteiger partial charge in [-0.1, -0.05) is 36.4 Å². The van der Waals surface area contributed by atoms with E-state index >= 15 is 0 Å². The van der Waals surface area contributed by atoms with Gasteiger partial charge in [0.1, 0.15) is 23.9 Å². The van der Waals surface area contributed by atoms with E-state index in [-0.39, 0.29) is 12.5 Å². The first-order valence-electron chi connectivity index (χ1n) is 11.6. The van der Waals surface area contributed by atoms with Crippen molar-refractivity contribution in [3.8, 4) is 0 Å². The Morgan fingerprint density at radius 2 is 1.80 bits per heavy atom. The van der Waals surface area contributed by atoms with E-state index in [0.717, 1.165) is 11.3 Å². The number of hydrogen-bond donors (Lipinski definition) is 1. The number of hydrogen-bond acceptors (Lipinski definition) is 4. The third-order valence-electron chi connectivity index (χ3n) is 5.47. The van der Waals surface area contributed by atoms with Crippen LogP contribution in [-0.4, -0.2) is 55.1 Å². The van der Waals surface area contributed by atoms with Crippen LogP contribution in [0.1, 0.15) is 23.5 Å². The quantitative estimate of drug-likeness (QED) is 0.375. The second kappa shape index (κ2) is 13.3. The molecule has 0 spiro atoms. The lowest BCUT2D eigenvalue weighted by Gasteiger charge is -2.27. The minimum absolute atomic E-state index is 0.126. The molecule has 3 amide bonds. The summed E-state index contributed by atoms with van der Waals surface area (Å²) in [6.07, 6.45) is 1.23. The number of benzene rings is 2. The summed E-state index contributed by atoms with van der Waals surface area (Å²) in [4.78, 5) is 29.5. The topological polar surface area (TPSA) is 75.0 Å². The molecule has 0 bridgehead atoms. The van der Waals surface area contributed by atoms with Crippen molar-refractivity contribution in [2.45, 2.75) is 26.3 Å². The van der Waals surface area contributed by atoms with Crippen LogP contribution in [-0.2, 0) is 22.5 Å². The van der Waals surface area contributed by atoms with Crippen molar-refractivity contribution < 1.29 is 23.1 Å². The number of nitrogens with zero attached hydrogens (tertiary/aromatic N) is 2. The highest BCUT2D eigenvalue weighted by atomic mass is 19.1. The van der Waals surface area contributed by atoms with E-state index in [1.54, 1.807) is 18.1 Å². The zero-order chi connectivity index (χ0) is 25.0. The molecule has 3 aromatic rings. The van der Waals surface area contributed by atoms with E-state index in [4.69, 9.17) is 9.15 Å². The fourth-order valence-corrected chi connectivity index (χ4v) is 3.64. The Balaban J connectivity index is 1.72. The average Bonchev–Trinajstić information content (AvgIpc) is 3.26. The predicted molar refractivity (Wildman–Crippen MR) is 132 cm³/mol. The average molecular weight is 482 g/mol. The van der Waals surface area contributed by atoms with Crippen molar-refractivity contribution in [1.29, 1.82) is 0 Å². The van der Waals surface area contributed by atoms with Gasteiger partial charge in [-0.25, -0.2) is 9.18 Å². The van der Waals surface area contributed by atoms with Gasteiger partial charge < -0.3 is 24.3 Å². The fourth-order valence-electron chi connectivity index (χ4n) is 3.64. The van der Waals surface area contributed by atoms with Crippen LogP contribution in [0.3, 0.4) is 0 Å². The summed E-state index contributed by atoms with van der Waals surface area (Å²) in [5.74, 6) is 0.789. The van der Waals surface area contributed by atoms with Crippen molar-refractivity contribution >= 4 is 17.6 Å². The van der Waals surface area contributed by atoms with Crippen LogP contribution in [0.2, 0.25) is 0 Å². The van der Waals surface area contributed by atoms with Gasteiger partial charge in [0, 0.05) is 32.5 Å². The monoisotopic (exact) mass is 481 g/mol. The number of halogens is 1. The van der Waals surface area contributed by atoms with Gasteiger partial charge in [-0.3, -0.25) is 4.79 Å². The lowest BCUT2D eigenvalue weighted by molar-refractivity contribution is -0.132. The van der Waals surface area contributed by atoms with Gasteiger partial charge in [0.05, 0.1) is 6.54 Å². The minimum Gasteiger partial charge on any atom is -0.464 e. The number of anilines is 1. The molecule has 0 saturated carbocycles. The van der Waals surface area contributed by atoms with E-state index < -0.39 is 11.8 Å². The number of methoxy groups -OCH3 is 1. The molecule has 7 nitrogen and oxygen atoms in total. The van der Waals surface area contributed by atoms with Crippen LogP contribution in [0.5, 0.6) is 0 Å². The summed E-state index contributed by atoms with van der Waals surface area (Å²) in [6.45, 7) is 3.26. The molecule has 0 aliphatic carbocycles. The number of aryl methyl sites for hydroxylation is 1. The minimum atomic E-state index is -0.475. The molecule has 0 aliphatic rings. The fraction of sp³-hybridized carbons (Fsp3) is 0.333. The number of amides is 3. The third kappa shape index (κ3) is 8.57. The molecule has 0 atom stereocenters. The number of rotatable bonds is 12. The summed E-state index contributed by atoms with van der Waals surface area (Å²) < 4.78 is 24.4. The molecule has 0 saturated heterocycles. The SMILES string of the molecule is COCCCN(CC(=O)N(CCc1ccccc1)Cc1ccc(C)o1)C(=O)Nc1cccc(F)c1. The molecule has 0 radical (unpaired) electrons. The van der Waals surface area contributed by atoms with E-state index in [9.17, 15) is 14.0 Å². The Hall–Kier alpha value is -3.65. The van der Waals surface area contributed by atoms with Gasteiger partial charge in [-0.2, -0.15) is 0 Å². The van der Waals surface area contributed by atoms with E-state index in [1.807, 2.05) is 49.4 Å². The van der Waals surface area contributed by atoms with E-state index in [2.05, 4.69) is 5.32 Å². The Morgan fingerprint density at radius 3 is 2.49 bits per heavy atom. The lowest BCUT2D eigenvalue weighted by atomic mass is 10.1. The summed E-state index contributed by atoms with van der Waals surface area (Å²) >= 11 is 0. The van der Waals surface area contributed by atoms with Gasteiger partial charge in [-0.05, 0) is 55.7 Å². The maximum absolute atomic E-state index is 13.6. The highest BCUT2D eigenvalue weighted by Gasteiger charge is 2.22. The van der Waals surface area contributed by atoms with Gasteiger partial charge in [0.25, 0.3) is 0 Å². The highest BCUT2D eigenvalue weighted by Crippen LogP contribution is 2.14. The maximum Gasteiger partial charge on any atom is 0.322 e. The molecule has 186 valence electrons. The first-order chi connectivity index (χ1) is 16.9. The molecule has 0 unspecified atom stereocenters. The van der Waals surface area contributed by atoms with E-state index in [0.29, 0.717) is 50.5 Å². The number of carbonyl (C=O) groups is 2. The number of ether oxygens (including phenoxy) is 1. The third-order valence-corrected chi connectivity index (χ3v) is 5.47. The number of urea groups is 1. The smallest absolute Gasteiger partial charge is 0.322 e. The standard InChI is InChI=1S/C27H32FN3O4/c1-21-12-13-25(35-21)19-30(16-14-22-8-4-3-5-9-22)26(32)20-31(15-7-17-34-2)27(33)29-24-11-6-10-23(28)18-24/h3-6,8-13,18H,7,14-17,19-20H2,1-2H3,(H,29,33). The molecule has 1 aromatic heterocycles. The molecule has 35 heavy (non-hydrogen) atoms. The molecule has 3 rings (SSSR count). The molecule has 2 aromatic carbocycles. The number of carbonyl (C=O) groups excluding carboxylic acids is 2. The second-order valence-corrected chi connectivity index (χ2v) is 8.27. The maximum atomic E-state index is 13.6. The van der Waals surface area contributed by atoms with Gasteiger partial charge in [0.2, 0.25) is 5.91 Å². The molecule has 1 heterocycles. The molecular formula is C27H32FN3O4. The second-order valence-electron chi connectivity index (χ2n) is 8.27. The summed E-state index contributed by atoms with van der Waals surface area (Å²) in [7, 11) is 1.58. The largest absolute Gasteiger partial charge is 0.464 e. The Labute approximate surface area is 205 Å². The molecule has 8 heteroatoms. The summed E-state index contributed by atoms with van der Waals surface area (Å²) in [5.41, 5.74) is 1.44. The van der Waals surface area contributed by atoms with Crippen LogP contribution >= 0.6 is 0 Å². The molecular weight excluding hydrogens is 449 g/mol. The first kappa shape index (κ1) is 26.0.